The van der Waals surface area contributed by atoms with E-state index in [0.29, 0.717) is 34.4 Å². The molecular weight excluding hydrogens is 475 g/mol. The molecule has 196 valence electrons. The summed E-state index contributed by atoms with van der Waals surface area (Å²) in [6.07, 6.45) is 6.37. The second-order valence-corrected chi connectivity index (χ2v) is 10.4. The fourth-order valence-electron chi connectivity index (χ4n) is 5.19. The third-order valence-electron chi connectivity index (χ3n) is 7.60. The molecule has 11 heteroatoms. The third kappa shape index (κ3) is 5.12. The maximum Gasteiger partial charge on any atom is 0.271 e. The van der Waals surface area contributed by atoms with Crippen LogP contribution >= 0.6 is 0 Å². The predicted octanol–water partition coefficient (Wildman–Crippen LogP) is 3.96. The van der Waals surface area contributed by atoms with Gasteiger partial charge in [0.15, 0.2) is 0 Å². The van der Waals surface area contributed by atoms with Crippen LogP contribution in [-0.2, 0) is 4.79 Å². The molecule has 2 atom stereocenters. The Morgan fingerprint density at radius 1 is 1.19 bits per heavy atom. The van der Waals surface area contributed by atoms with Crippen molar-refractivity contribution in [1.29, 1.82) is 0 Å². The molecule has 0 spiro atoms. The molecule has 3 aromatic rings. The zero-order chi connectivity index (χ0) is 26.3. The minimum atomic E-state index is -0.768. The summed E-state index contributed by atoms with van der Waals surface area (Å²) in [4.78, 5) is 30.9. The molecule has 2 aliphatic carbocycles. The highest BCUT2D eigenvalue weighted by molar-refractivity contribution is 6.00. The van der Waals surface area contributed by atoms with Gasteiger partial charge in [-0.2, -0.15) is 9.49 Å². The molecule has 0 bridgehead atoms. The van der Waals surface area contributed by atoms with E-state index in [2.05, 4.69) is 36.1 Å². The summed E-state index contributed by atoms with van der Waals surface area (Å²) in [5, 5.41) is 20.7. The van der Waals surface area contributed by atoms with E-state index >= 15 is 4.39 Å². The minimum Gasteiger partial charge on any atom is -0.339 e. The van der Waals surface area contributed by atoms with Gasteiger partial charge in [0.25, 0.3) is 5.91 Å². The lowest BCUT2D eigenvalue weighted by molar-refractivity contribution is -0.119. The molecule has 0 radical (unpaired) electrons. The number of aryl methyl sites for hydroxylation is 2. The SMILES string of the molecule is CCC(C)n1nncc1C(=O)N[C@H](C(=O)Nc1ccc(-c2c(C)n[nH]c2C)c(F)n1)C(C1CC1)C1CC1. The number of hydrogen-bond acceptors (Lipinski definition) is 6. The Morgan fingerprint density at radius 3 is 2.46 bits per heavy atom. The van der Waals surface area contributed by atoms with Gasteiger partial charge in [-0.25, -0.2) is 9.67 Å². The summed E-state index contributed by atoms with van der Waals surface area (Å²) in [5.74, 6) is -0.582. The van der Waals surface area contributed by atoms with Gasteiger partial charge < -0.3 is 10.6 Å². The molecule has 0 aliphatic heterocycles. The summed E-state index contributed by atoms with van der Waals surface area (Å²) < 4.78 is 16.6. The van der Waals surface area contributed by atoms with Gasteiger partial charge in [0, 0.05) is 16.8 Å². The van der Waals surface area contributed by atoms with E-state index in [1.54, 1.807) is 23.7 Å². The number of carbonyl (C=O) groups excluding carboxylic acids is 2. The number of halogens is 1. The summed E-state index contributed by atoms with van der Waals surface area (Å²) in [5.41, 5.74) is 2.69. The molecule has 10 nitrogen and oxygen atoms in total. The first kappa shape index (κ1) is 25.0. The zero-order valence-electron chi connectivity index (χ0n) is 21.6. The van der Waals surface area contributed by atoms with Gasteiger partial charge in [-0.3, -0.25) is 14.7 Å². The molecule has 1 unspecified atom stereocenters. The van der Waals surface area contributed by atoms with Crippen molar-refractivity contribution in [2.75, 3.05) is 5.32 Å². The number of amides is 2. The number of aromatic amines is 1. The smallest absolute Gasteiger partial charge is 0.271 e. The van der Waals surface area contributed by atoms with Gasteiger partial charge >= 0.3 is 0 Å². The van der Waals surface area contributed by atoms with E-state index in [1.165, 1.54) is 6.20 Å². The van der Waals surface area contributed by atoms with Crippen molar-refractivity contribution in [2.45, 2.75) is 71.9 Å². The highest BCUT2D eigenvalue weighted by Gasteiger charge is 2.48. The van der Waals surface area contributed by atoms with Crippen LogP contribution in [-0.4, -0.2) is 48.0 Å². The van der Waals surface area contributed by atoms with Gasteiger partial charge in [0.1, 0.15) is 17.6 Å². The number of nitrogens with zero attached hydrogens (tertiary/aromatic N) is 5. The topological polar surface area (TPSA) is 130 Å². The van der Waals surface area contributed by atoms with Crippen molar-refractivity contribution in [2.24, 2.45) is 17.8 Å². The standard InChI is InChI=1S/C26H33FN8O2/c1-5-13(2)35-19(12-28-34-35)25(36)31-23(22(16-6-7-16)17-8-9-17)26(37)30-20-11-10-18(24(27)29-20)21-14(3)32-33-15(21)4/h10-13,16-17,22-23H,5-9H2,1-4H3,(H,31,36)(H,32,33)(H,29,30,37)/t13?,23-/m0/s1. The van der Waals surface area contributed by atoms with Crippen molar-refractivity contribution in [3.05, 3.63) is 41.4 Å². The van der Waals surface area contributed by atoms with Crippen molar-refractivity contribution in [3.63, 3.8) is 0 Å². The largest absolute Gasteiger partial charge is 0.339 e. The summed E-state index contributed by atoms with van der Waals surface area (Å²) in [7, 11) is 0. The first-order chi connectivity index (χ1) is 17.8. The molecule has 2 aliphatic rings. The maximum absolute atomic E-state index is 15.0. The van der Waals surface area contributed by atoms with E-state index in [0.717, 1.165) is 37.8 Å². The number of anilines is 1. The van der Waals surface area contributed by atoms with Crippen LogP contribution < -0.4 is 10.6 Å². The molecule has 0 aromatic carbocycles. The van der Waals surface area contributed by atoms with E-state index < -0.39 is 23.8 Å². The molecular formula is C26H33FN8O2. The van der Waals surface area contributed by atoms with E-state index in [-0.39, 0.29) is 17.8 Å². The molecule has 0 saturated heterocycles. The number of H-pyrrole nitrogens is 1. The van der Waals surface area contributed by atoms with E-state index in [9.17, 15) is 9.59 Å². The quantitative estimate of drug-likeness (QED) is 0.355. The first-order valence-corrected chi connectivity index (χ1v) is 13.0. The predicted molar refractivity (Wildman–Crippen MR) is 135 cm³/mol. The number of pyridine rings is 1. The lowest BCUT2D eigenvalue weighted by Gasteiger charge is -2.27. The molecule has 3 N–H and O–H groups in total. The molecule has 5 rings (SSSR count). The van der Waals surface area contributed by atoms with Crippen LogP contribution in [0, 0.1) is 37.5 Å². The van der Waals surface area contributed by atoms with Gasteiger partial charge in [0.2, 0.25) is 11.9 Å². The second kappa shape index (κ2) is 10.0. The monoisotopic (exact) mass is 508 g/mol. The van der Waals surface area contributed by atoms with Crippen LogP contribution in [0.3, 0.4) is 0 Å². The number of rotatable bonds is 10. The highest BCUT2D eigenvalue weighted by atomic mass is 19.1. The van der Waals surface area contributed by atoms with Crippen molar-refractivity contribution in [1.82, 2.24) is 35.5 Å². The van der Waals surface area contributed by atoms with Gasteiger partial charge in [0.05, 0.1) is 17.9 Å². The Bertz CT molecular complexity index is 1280. The Hall–Kier alpha value is -3.63. The normalized spacial score (nSPS) is 17.0. The summed E-state index contributed by atoms with van der Waals surface area (Å²) in [6.45, 7) is 7.58. The number of carbonyl (C=O) groups is 2. The van der Waals surface area contributed by atoms with Gasteiger partial charge in [-0.15, -0.1) is 5.10 Å². The minimum absolute atomic E-state index is 0.00798. The summed E-state index contributed by atoms with van der Waals surface area (Å²) >= 11 is 0. The highest BCUT2D eigenvalue weighted by Crippen LogP contribution is 2.51. The van der Waals surface area contributed by atoms with E-state index in [1.807, 2.05) is 20.8 Å². The van der Waals surface area contributed by atoms with E-state index in [4.69, 9.17) is 0 Å². The fraction of sp³-hybridized carbons (Fsp3) is 0.538. The number of nitrogens with one attached hydrogen (secondary N) is 3. The Balaban J connectivity index is 1.39. The molecule has 2 fully saturated rings. The van der Waals surface area contributed by atoms with Crippen LogP contribution in [0.4, 0.5) is 10.2 Å². The summed E-state index contributed by atoms with van der Waals surface area (Å²) in [6, 6.07) is 2.39. The molecule has 37 heavy (non-hydrogen) atoms. The average molecular weight is 509 g/mol. The van der Waals surface area contributed by atoms with Crippen molar-refractivity contribution >= 4 is 17.6 Å². The Morgan fingerprint density at radius 2 is 1.89 bits per heavy atom. The Labute approximate surface area is 214 Å². The molecule has 2 saturated carbocycles. The second-order valence-electron chi connectivity index (χ2n) is 10.4. The average Bonchev–Trinajstić information content (AvgIpc) is 3.81. The first-order valence-electron chi connectivity index (χ1n) is 13.0. The lowest BCUT2D eigenvalue weighted by Crippen LogP contribution is -2.50. The van der Waals surface area contributed by atoms with Crippen molar-refractivity contribution in [3.8, 4) is 11.1 Å². The number of hydrogen-bond donors (Lipinski definition) is 3. The third-order valence-corrected chi connectivity index (χ3v) is 7.60. The van der Waals surface area contributed by atoms with Crippen LogP contribution in [0.2, 0.25) is 0 Å². The maximum atomic E-state index is 15.0. The molecule has 3 heterocycles. The van der Waals surface area contributed by atoms with Crippen LogP contribution in [0.25, 0.3) is 11.1 Å². The lowest BCUT2D eigenvalue weighted by atomic mass is 9.88. The molecule has 3 aromatic heterocycles. The fourth-order valence-corrected chi connectivity index (χ4v) is 5.19. The van der Waals surface area contributed by atoms with Crippen molar-refractivity contribution < 1.29 is 14.0 Å². The van der Waals surface area contributed by atoms with Gasteiger partial charge in [-0.1, -0.05) is 12.1 Å². The molecule has 2 amide bonds. The Kier molecular flexibility index (Phi) is 6.78. The van der Waals surface area contributed by atoms with Crippen LogP contribution in [0.15, 0.2) is 18.3 Å². The van der Waals surface area contributed by atoms with Crippen LogP contribution in [0.5, 0.6) is 0 Å². The number of aromatic nitrogens is 6. The van der Waals surface area contributed by atoms with Gasteiger partial charge in [-0.05, 0) is 82.8 Å². The van der Waals surface area contributed by atoms with Crippen LogP contribution in [0.1, 0.15) is 73.9 Å². The zero-order valence-corrected chi connectivity index (χ0v) is 21.6.